The van der Waals surface area contributed by atoms with Crippen molar-refractivity contribution in [2.24, 2.45) is 0 Å². The van der Waals surface area contributed by atoms with E-state index in [4.69, 9.17) is 4.74 Å². The molecule has 0 aromatic heterocycles. The summed E-state index contributed by atoms with van der Waals surface area (Å²) in [5.41, 5.74) is 0. The fourth-order valence-electron chi connectivity index (χ4n) is 1.75. The summed E-state index contributed by atoms with van der Waals surface area (Å²) in [6, 6.07) is 4.51. The smallest absolute Gasteiger partial charge is 0.200 e. The lowest BCUT2D eigenvalue weighted by atomic mass is 10.2. The van der Waals surface area contributed by atoms with Crippen molar-refractivity contribution in [3.05, 3.63) is 29.8 Å². The Morgan fingerprint density at radius 3 is 2.58 bits per heavy atom. The Morgan fingerprint density at radius 1 is 1.11 bits per heavy atom. The van der Waals surface area contributed by atoms with E-state index in [2.05, 4.69) is 19.2 Å². The Bertz CT molecular complexity index is 369. The zero-order chi connectivity index (χ0) is 14.1. The first-order valence-corrected chi connectivity index (χ1v) is 6.91. The number of unbranched alkanes of at least 4 members (excludes halogenated alkanes) is 3. The molecule has 0 aliphatic rings. The number of hydrogen-bond donors (Lipinski definition) is 1. The number of benzene rings is 1. The van der Waals surface area contributed by atoms with E-state index in [9.17, 15) is 8.78 Å². The van der Waals surface area contributed by atoms with Crippen molar-refractivity contribution in [2.75, 3.05) is 13.2 Å². The zero-order valence-corrected chi connectivity index (χ0v) is 11.7. The Labute approximate surface area is 114 Å². The van der Waals surface area contributed by atoms with Crippen LogP contribution in [0.5, 0.6) is 5.75 Å². The molecular weight excluding hydrogens is 248 g/mol. The van der Waals surface area contributed by atoms with Gasteiger partial charge in [0, 0.05) is 6.04 Å². The SMILES string of the molecule is CC(C)NCCCCCCOc1cccc(F)c1F. The van der Waals surface area contributed by atoms with Gasteiger partial charge in [-0.2, -0.15) is 4.39 Å². The Morgan fingerprint density at radius 2 is 1.84 bits per heavy atom. The van der Waals surface area contributed by atoms with Crippen molar-refractivity contribution in [1.82, 2.24) is 5.32 Å². The minimum atomic E-state index is -0.899. The van der Waals surface area contributed by atoms with Crippen molar-refractivity contribution < 1.29 is 13.5 Å². The fourth-order valence-corrected chi connectivity index (χ4v) is 1.75. The quantitative estimate of drug-likeness (QED) is 0.688. The minimum Gasteiger partial charge on any atom is -0.490 e. The number of halogens is 2. The van der Waals surface area contributed by atoms with Gasteiger partial charge in [-0.15, -0.1) is 0 Å². The molecule has 0 saturated carbocycles. The van der Waals surface area contributed by atoms with Crippen LogP contribution in [0, 0.1) is 11.6 Å². The van der Waals surface area contributed by atoms with Gasteiger partial charge in [-0.3, -0.25) is 0 Å². The summed E-state index contributed by atoms with van der Waals surface area (Å²) in [6.45, 7) is 5.71. The predicted molar refractivity (Wildman–Crippen MR) is 73.5 cm³/mol. The molecule has 0 spiro atoms. The molecule has 0 bridgehead atoms. The first-order valence-electron chi connectivity index (χ1n) is 6.91. The number of ether oxygens (including phenoxy) is 1. The Kier molecular flexibility index (Phi) is 7.41. The lowest BCUT2D eigenvalue weighted by Crippen LogP contribution is -2.23. The van der Waals surface area contributed by atoms with Gasteiger partial charge >= 0.3 is 0 Å². The maximum absolute atomic E-state index is 13.2. The van der Waals surface area contributed by atoms with E-state index in [0.717, 1.165) is 38.3 Å². The molecule has 1 aromatic rings. The van der Waals surface area contributed by atoms with Gasteiger partial charge in [-0.05, 0) is 31.5 Å². The third kappa shape index (κ3) is 6.53. The van der Waals surface area contributed by atoms with Crippen LogP contribution in [0.25, 0.3) is 0 Å². The normalized spacial score (nSPS) is 11.0. The maximum Gasteiger partial charge on any atom is 0.200 e. The second kappa shape index (κ2) is 8.86. The Balaban J connectivity index is 2.06. The largest absolute Gasteiger partial charge is 0.490 e. The number of nitrogens with one attached hydrogen (secondary N) is 1. The van der Waals surface area contributed by atoms with Crippen LogP contribution in [0.3, 0.4) is 0 Å². The monoisotopic (exact) mass is 271 g/mol. The molecule has 0 heterocycles. The van der Waals surface area contributed by atoms with Crippen LogP contribution < -0.4 is 10.1 Å². The third-order valence-electron chi connectivity index (χ3n) is 2.80. The molecule has 108 valence electrons. The van der Waals surface area contributed by atoms with Gasteiger partial charge in [0.25, 0.3) is 0 Å². The lowest BCUT2D eigenvalue weighted by molar-refractivity contribution is 0.285. The fraction of sp³-hybridized carbons (Fsp3) is 0.600. The Hall–Kier alpha value is -1.16. The van der Waals surface area contributed by atoms with E-state index in [0.29, 0.717) is 12.6 Å². The average molecular weight is 271 g/mol. The molecular formula is C15H23F2NO. The van der Waals surface area contributed by atoms with Crippen LogP contribution >= 0.6 is 0 Å². The number of rotatable bonds is 9. The van der Waals surface area contributed by atoms with Crippen molar-refractivity contribution in [1.29, 1.82) is 0 Å². The topological polar surface area (TPSA) is 21.3 Å². The molecule has 0 fully saturated rings. The van der Waals surface area contributed by atoms with Crippen LogP contribution in [-0.4, -0.2) is 19.2 Å². The summed E-state index contributed by atoms with van der Waals surface area (Å²) in [5.74, 6) is -1.76. The maximum atomic E-state index is 13.2. The second-order valence-electron chi connectivity index (χ2n) is 4.92. The van der Waals surface area contributed by atoms with E-state index in [1.807, 2.05) is 0 Å². The predicted octanol–water partition coefficient (Wildman–Crippen LogP) is 3.90. The van der Waals surface area contributed by atoms with Crippen molar-refractivity contribution in [2.45, 2.75) is 45.6 Å². The van der Waals surface area contributed by atoms with E-state index >= 15 is 0 Å². The van der Waals surface area contributed by atoms with Crippen LogP contribution in [-0.2, 0) is 0 Å². The first kappa shape index (κ1) is 15.9. The van der Waals surface area contributed by atoms with Gasteiger partial charge in [0.2, 0.25) is 5.82 Å². The summed E-state index contributed by atoms with van der Waals surface area (Å²) in [7, 11) is 0. The first-order chi connectivity index (χ1) is 9.11. The summed E-state index contributed by atoms with van der Waals surface area (Å²) in [6.07, 6.45) is 4.15. The lowest BCUT2D eigenvalue weighted by Gasteiger charge is -2.08. The molecule has 1 N–H and O–H groups in total. The standard InChI is InChI=1S/C15H23F2NO/c1-12(2)18-10-5-3-4-6-11-19-14-9-7-8-13(16)15(14)17/h7-9,12,18H,3-6,10-11H2,1-2H3. The molecule has 0 saturated heterocycles. The summed E-state index contributed by atoms with van der Waals surface area (Å²) in [5, 5.41) is 3.35. The molecule has 1 rings (SSSR count). The van der Waals surface area contributed by atoms with Gasteiger partial charge < -0.3 is 10.1 Å². The van der Waals surface area contributed by atoms with Crippen LogP contribution in [0.1, 0.15) is 39.5 Å². The molecule has 19 heavy (non-hydrogen) atoms. The second-order valence-corrected chi connectivity index (χ2v) is 4.92. The van der Waals surface area contributed by atoms with Crippen LogP contribution in [0.4, 0.5) is 8.78 Å². The van der Waals surface area contributed by atoms with Crippen molar-refractivity contribution >= 4 is 0 Å². The molecule has 2 nitrogen and oxygen atoms in total. The molecule has 0 atom stereocenters. The van der Waals surface area contributed by atoms with E-state index in [1.165, 1.54) is 12.1 Å². The molecule has 1 aromatic carbocycles. The highest BCUT2D eigenvalue weighted by molar-refractivity contribution is 5.24. The molecule has 4 heteroatoms. The minimum absolute atomic E-state index is 0.00137. The van der Waals surface area contributed by atoms with Crippen LogP contribution in [0.2, 0.25) is 0 Å². The highest BCUT2D eigenvalue weighted by Gasteiger charge is 2.07. The highest BCUT2D eigenvalue weighted by atomic mass is 19.2. The molecule has 0 aliphatic carbocycles. The van der Waals surface area contributed by atoms with E-state index in [1.54, 1.807) is 0 Å². The van der Waals surface area contributed by atoms with E-state index in [-0.39, 0.29) is 5.75 Å². The van der Waals surface area contributed by atoms with Crippen LogP contribution in [0.15, 0.2) is 18.2 Å². The molecule has 0 aliphatic heterocycles. The average Bonchev–Trinajstić information content (AvgIpc) is 2.37. The van der Waals surface area contributed by atoms with Gasteiger partial charge in [-0.25, -0.2) is 4.39 Å². The van der Waals surface area contributed by atoms with Gasteiger partial charge in [0.15, 0.2) is 11.6 Å². The van der Waals surface area contributed by atoms with Crippen molar-refractivity contribution in [3.63, 3.8) is 0 Å². The molecule has 0 amide bonds. The third-order valence-corrected chi connectivity index (χ3v) is 2.80. The van der Waals surface area contributed by atoms with E-state index < -0.39 is 11.6 Å². The van der Waals surface area contributed by atoms with Gasteiger partial charge in [-0.1, -0.05) is 32.8 Å². The molecule has 0 unspecified atom stereocenters. The molecule has 0 radical (unpaired) electrons. The zero-order valence-electron chi connectivity index (χ0n) is 11.7. The summed E-state index contributed by atoms with van der Waals surface area (Å²) in [4.78, 5) is 0. The number of hydrogen-bond acceptors (Lipinski definition) is 2. The van der Waals surface area contributed by atoms with Crippen molar-refractivity contribution in [3.8, 4) is 5.75 Å². The van der Waals surface area contributed by atoms with Gasteiger partial charge in [0.05, 0.1) is 6.61 Å². The summed E-state index contributed by atoms with van der Waals surface area (Å²) < 4.78 is 31.4. The summed E-state index contributed by atoms with van der Waals surface area (Å²) >= 11 is 0. The highest BCUT2D eigenvalue weighted by Crippen LogP contribution is 2.19. The van der Waals surface area contributed by atoms with Gasteiger partial charge in [0.1, 0.15) is 0 Å².